The molecule has 0 amide bonds. The van der Waals surface area contributed by atoms with Crippen LogP contribution in [0, 0.1) is 0 Å². The topological polar surface area (TPSA) is 89.6 Å². The first-order valence-corrected chi connectivity index (χ1v) is 6.65. The molecule has 3 N–H and O–H groups in total. The Labute approximate surface area is 119 Å². The molecule has 6 heteroatoms. The van der Waals surface area contributed by atoms with Crippen LogP contribution >= 0.6 is 15.9 Å². The van der Waals surface area contributed by atoms with Crippen LogP contribution in [0.2, 0.25) is 0 Å². The van der Waals surface area contributed by atoms with Crippen LogP contribution in [0.4, 0.5) is 5.69 Å². The summed E-state index contributed by atoms with van der Waals surface area (Å²) in [4.78, 5) is 22.7. The number of nitrogens with two attached hydrogens (primary N) is 1. The number of nitrogen functional groups attached to an aromatic ring is 1. The molecule has 0 aromatic heterocycles. The highest BCUT2D eigenvalue weighted by molar-refractivity contribution is 9.10. The molecular formula is C13H16BrNO4. The Balaban J connectivity index is 3.18. The summed E-state index contributed by atoms with van der Waals surface area (Å²) in [5, 5.41) is 9.08. The number of carboxylic acid groups (broad SMARTS) is 1. The number of halogens is 1. The fourth-order valence-electron chi connectivity index (χ4n) is 1.64. The lowest BCUT2D eigenvalue weighted by molar-refractivity contribution is -0.145. The van der Waals surface area contributed by atoms with Crippen molar-refractivity contribution in [3.05, 3.63) is 22.2 Å². The summed E-state index contributed by atoms with van der Waals surface area (Å²) in [6, 6.07) is 3.14. The van der Waals surface area contributed by atoms with Crippen LogP contribution in [0.25, 0.3) is 0 Å². The zero-order chi connectivity index (χ0) is 14.6. The SMILES string of the molecule is CCCC(Oc1c(N)cc(Br)cc1C(C)=O)C(=O)O. The molecule has 0 aliphatic rings. The predicted octanol–water partition coefficient (Wildman–Crippen LogP) is 2.87. The van der Waals surface area contributed by atoms with Crippen molar-refractivity contribution in [3.8, 4) is 5.75 Å². The first kappa shape index (κ1) is 15.5. The Kier molecular flexibility index (Phi) is 5.35. The summed E-state index contributed by atoms with van der Waals surface area (Å²) < 4.78 is 6.07. The summed E-state index contributed by atoms with van der Waals surface area (Å²) in [5.74, 6) is -1.17. The van der Waals surface area contributed by atoms with Gasteiger partial charge in [-0.3, -0.25) is 4.79 Å². The minimum atomic E-state index is -1.07. The van der Waals surface area contributed by atoms with Crippen molar-refractivity contribution < 1.29 is 19.4 Å². The standard InChI is InChI=1S/C13H16BrNO4/c1-3-4-11(13(17)18)19-12-9(7(2)16)5-8(14)6-10(12)15/h5-6,11H,3-4,15H2,1-2H3,(H,17,18). The van der Waals surface area contributed by atoms with Gasteiger partial charge in [0.1, 0.15) is 0 Å². The summed E-state index contributed by atoms with van der Waals surface area (Å²) >= 11 is 3.24. The zero-order valence-electron chi connectivity index (χ0n) is 10.8. The summed E-state index contributed by atoms with van der Waals surface area (Å²) in [6.07, 6.45) is -0.00285. The van der Waals surface area contributed by atoms with Crippen LogP contribution in [0.1, 0.15) is 37.0 Å². The van der Waals surface area contributed by atoms with Gasteiger partial charge in [0, 0.05) is 4.47 Å². The van der Waals surface area contributed by atoms with Gasteiger partial charge < -0.3 is 15.6 Å². The number of carbonyl (C=O) groups excluding carboxylic acids is 1. The van der Waals surface area contributed by atoms with Gasteiger partial charge in [0.15, 0.2) is 17.6 Å². The largest absolute Gasteiger partial charge is 0.479 e. The van der Waals surface area contributed by atoms with E-state index >= 15 is 0 Å². The number of rotatable bonds is 6. The number of ketones is 1. The highest BCUT2D eigenvalue weighted by atomic mass is 79.9. The molecule has 1 atom stereocenters. The summed E-state index contributed by atoms with van der Waals surface area (Å²) in [5.41, 5.74) is 6.31. The zero-order valence-corrected chi connectivity index (χ0v) is 12.4. The van der Waals surface area contributed by atoms with Crippen molar-refractivity contribution in [2.75, 3.05) is 5.73 Å². The fourth-order valence-corrected chi connectivity index (χ4v) is 2.12. The molecule has 0 saturated heterocycles. The number of hydrogen-bond donors (Lipinski definition) is 2. The lowest BCUT2D eigenvalue weighted by Gasteiger charge is -2.18. The second kappa shape index (κ2) is 6.56. The van der Waals surface area contributed by atoms with E-state index in [-0.39, 0.29) is 22.8 Å². The van der Waals surface area contributed by atoms with Crippen molar-refractivity contribution in [2.45, 2.75) is 32.8 Å². The van der Waals surface area contributed by atoms with Crippen LogP contribution in [0.5, 0.6) is 5.75 Å². The van der Waals surface area contributed by atoms with Gasteiger partial charge in [-0.1, -0.05) is 29.3 Å². The van der Waals surface area contributed by atoms with Gasteiger partial charge in [0.05, 0.1) is 11.3 Å². The van der Waals surface area contributed by atoms with Crippen LogP contribution in [0.3, 0.4) is 0 Å². The van der Waals surface area contributed by atoms with Gasteiger partial charge in [-0.2, -0.15) is 0 Å². The van der Waals surface area contributed by atoms with Gasteiger partial charge in [-0.05, 0) is 25.5 Å². The maximum absolute atomic E-state index is 11.6. The summed E-state index contributed by atoms with van der Waals surface area (Å²) in [7, 11) is 0. The smallest absolute Gasteiger partial charge is 0.344 e. The van der Waals surface area contributed by atoms with Crippen LogP contribution < -0.4 is 10.5 Å². The van der Waals surface area contributed by atoms with Gasteiger partial charge in [0.2, 0.25) is 0 Å². The second-order valence-electron chi connectivity index (χ2n) is 4.16. The second-order valence-corrected chi connectivity index (χ2v) is 5.08. The normalized spacial score (nSPS) is 11.9. The molecule has 0 spiro atoms. The molecule has 1 aromatic rings. The van der Waals surface area contributed by atoms with E-state index in [0.717, 1.165) is 0 Å². The van der Waals surface area contributed by atoms with E-state index in [1.165, 1.54) is 6.92 Å². The molecule has 1 unspecified atom stereocenters. The monoisotopic (exact) mass is 329 g/mol. The fraction of sp³-hybridized carbons (Fsp3) is 0.385. The van der Waals surface area contributed by atoms with Crippen LogP contribution in [-0.4, -0.2) is 23.0 Å². The molecule has 104 valence electrons. The molecule has 19 heavy (non-hydrogen) atoms. The third-order valence-corrected chi connectivity index (χ3v) is 3.01. The molecule has 0 radical (unpaired) electrons. The first-order valence-electron chi connectivity index (χ1n) is 5.86. The molecule has 0 saturated carbocycles. The van der Waals surface area contributed by atoms with Gasteiger partial charge in [-0.25, -0.2) is 4.79 Å². The maximum atomic E-state index is 11.6. The van der Waals surface area contributed by atoms with E-state index < -0.39 is 12.1 Å². The van der Waals surface area contributed by atoms with Crippen molar-refractivity contribution in [2.24, 2.45) is 0 Å². The Hall–Kier alpha value is -1.56. The van der Waals surface area contributed by atoms with E-state index in [1.807, 2.05) is 6.92 Å². The Morgan fingerprint density at radius 3 is 2.58 bits per heavy atom. The van der Waals surface area contributed by atoms with Crippen LogP contribution in [-0.2, 0) is 4.79 Å². The van der Waals surface area contributed by atoms with Gasteiger partial charge in [0.25, 0.3) is 0 Å². The number of aliphatic carboxylic acids is 1. The highest BCUT2D eigenvalue weighted by Gasteiger charge is 2.22. The molecule has 0 bridgehead atoms. The Bertz CT molecular complexity index is 502. The number of benzene rings is 1. The minimum absolute atomic E-state index is 0.136. The molecular weight excluding hydrogens is 314 g/mol. The molecule has 1 aromatic carbocycles. The highest BCUT2D eigenvalue weighted by Crippen LogP contribution is 2.32. The first-order chi connectivity index (χ1) is 8.86. The number of anilines is 1. The lowest BCUT2D eigenvalue weighted by Crippen LogP contribution is -2.27. The predicted molar refractivity (Wildman–Crippen MR) is 75.5 cm³/mol. The quantitative estimate of drug-likeness (QED) is 0.618. The Morgan fingerprint density at radius 2 is 2.11 bits per heavy atom. The van der Waals surface area contributed by atoms with Crippen molar-refractivity contribution >= 4 is 33.4 Å². The maximum Gasteiger partial charge on any atom is 0.344 e. The average molecular weight is 330 g/mol. The van der Waals surface area contributed by atoms with E-state index in [4.69, 9.17) is 15.6 Å². The minimum Gasteiger partial charge on any atom is -0.479 e. The lowest BCUT2D eigenvalue weighted by atomic mass is 10.1. The molecule has 1 rings (SSSR count). The molecule has 0 aliphatic carbocycles. The molecule has 5 nitrogen and oxygen atoms in total. The number of carbonyl (C=O) groups is 2. The molecule has 0 heterocycles. The number of hydrogen-bond acceptors (Lipinski definition) is 4. The van der Waals surface area contributed by atoms with Gasteiger partial charge >= 0.3 is 5.97 Å². The number of Topliss-reactive ketones (excluding diaryl/α,β-unsaturated/α-hetero) is 1. The van der Waals surface area contributed by atoms with Crippen molar-refractivity contribution in [1.29, 1.82) is 0 Å². The van der Waals surface area contributed by atoms with Gasteiger partial charge in [-0.15, -0.1) is 0 Å². The van der Waals surface area contributed by atoms with Crippen LogP contribution in [0.15, 0.2) is 16.6 Å². The molecule has 0 fully saturated rings. The van der Waals surface area contributed by atoms with E-state index in [2.05, 4.69) is 15.9 Å². The number of ether oxygens (including phenoxy) is 1. The van der Waals surface area contributed by atoms with E-state index in [9.17, 15) is 9.59 Å². The Morgan fingerprint density at radius 1 is 1.47 bits per heavy atom. The van der Waals surface area contributed by atoms with Crippen molar-refractivity contribution in [3.63, 3.8) is 0 Å². The summed E-state index contributed by atoms with van der Waals surface area (Å²) in [6.45, 7) is 3.24. The molecule has 0 aliphatic heterocycles. The van der Waals surface area contributed by atoms with E-state index in [1.54, 1.807) is 12.1 Å². The third kappa shape index (κ3) is 3.96. The van der Waals surface area contributed by atoms with Crippen molar-refractivity contribution in [1.82, 2.24) is 0 Å². The third-order valence-electron chi connectivity index (χ3n) is 2.55. The van der Waals surface area contributed by atoms with E-state index in [0.29, 0.717) is 17.3 Å². The number of carboxylic acids is 1. The average Bonchev–Trinajstić information content (AvgIpc) is 2.30.